The van der Waals surface area contributed by atoms with E-state index in [0.717, 1.165) is 25.0 Å². The van der Waals surface area contributed by atoms with Crippen LogP contribution in [0.3, 0.4) is 0 Å². The molecule has 1 aliphatic carbocycles. The van der Waals surface area contributed by atoms with Crippen LogP contribution in [0.2, 0.25) is 0 Å². The molecule has 3 atom stereocenters. The lowest BCUT2D eigenvalue weighted by molar-refractivity contribution is 0.177. The summed E-state index contributed by atoms with van der Waals surface area (Å²) in [6.45, 7) is 6.75. The molecule has 0 aromatic heterocycles. The highest BCUT2D eigenvalue weighted by atomic mass is 15.2. The van der Waals surface area contributed by atoms with Crippen LogP contribution >= 0.6 is 0 Å². The smallest absolute Gasteiger partial charge is 0.0396 e. The van der Waals surface area contributed by atoms with Crippen molar-refractivity contribution >= 4 is 5.69 Å². The Labute approximate surface area is 129 Å². The molecular weight excluding hydrogens is 256 g/mol. The number of piperidine rings is 1. The second kappa shape index (κ2) is 6.83. The van der Waals surface area contributed by atoms with Gasteiger partial charge >= 0.3 is 0 Å². The number of fused-ring (bicyclic) bond motifs is 1. The molecule has 1 saturated heterocycles. The number of hydrogen-bond acceptors (Lipinski definition) is 2. The molecule has 1 heterocycles. The molecule has 1 N–H and O–H groups in total. The van der Waals surface area contributed by atoms with Gasteiger partial charge in [0.25, 0.3) is 0 Å². The number of likely N-dealkylation sites (N-methyl/N-ethyl adjacent to an activating group) is 1. The van der Waals surface area contributed by atoms with Crippen molar-refractivity contribution in [2.24, 2.45) is 5.92 Å². The molecule has 3 unspecified atom stereocenters. The minimum Gasteiger partial charge on any atom is -0.370 e. The number of benzene rings is 1. The van der Waals surface area contributed by atoms with Crippen LogP contribution < -0.4 is 10.2 Å². The van der Waals surface area contributed by atoms with Gasteiger partial charge in [-0.25, -0.2) is 0 Å². The molecule has 2 heteroatoms. The van der Waals surface area contributed by atoms with Gasteiger partial charge in [-0.05, 0) is 57.1 Å². The topological polar surface area (TPSA) is 15.3 Å². The summed E-state index contributed by atoms with van der Waals surface area (Å²) in [4.78, 5) is 2.55. The Bertz CT molecular complexity index is 457. The third-order valence-electron chi connectivity index (χ3n) is 5.52. The highest BCUT2D eigenvalue weighted by Crippen LogP contribution is 2.32. The van der Waals surface area contributed by atoms with E-state index < -0.39 is 0 Å². The predicted molar refractivity (Wildman–Crippen MR) is 91.0 cm³/mol. The SMILES string of the molecule is CCN(CC1CCC2CCCCC2N1)c1ccccc1C. The van der Waals surface area contributed by atoms with Crippen LogP contribution in [0.15, 0.2) is 24.3 Å². The van der Waals surface area contributed by atoms with Gasteiger partial charge in [0.05, 0.1) is 0 Å². The maximum atomic E-state index is 3.97. The molecule has 1 aromatic carbocycles. The molecule has 3 rings (SSSR count). The molecule has 2 aliphatic rings. The average molecular weight is 286 g/mol. The first-order valence-corrected chi connectivity index (χ1v) is 8.84. The lowest BCUT2D eigenvalue weighted by atomic mass is 9.77. The Hall–Kier alpha value is -1.02. The quantitative estimate of drug-likeness (QED) is 0.895. The van der Waals surface area contributed by atoms with Crippen LogP contribution in [0.4, 0.5) is 5.69 Å². The fourth-order valence-corrected chi connectivity index (χ4v) is 4.30. The van der Waals surface area contributed by atoms with E-state index in [1.165, 1.54) is 49.8 Å². The van der Waals surface area contributed by atoms with E-state index in [1.807, 2.05) is 0 Å². The maximum absolute atomic E-state index is 3.97. The molecule has 1 aromatic rings. The van der Waals surface area contributed by atoms with Gasteiger partial charge in [-0.3, -0.25) is 0 Å². The minimum absolute atomic E-state index is 0.670. The van der Waals surface area contributed by atoms with Crippen LogP contribution in [0.5, 0.6) is 0 Å². The molecule has 1 saturated carbocycles. The van der Waals surface area contributed by atoms with Crippen LogP contribution in [-0.2, 0) is 0 Å². The van der Waals surface area contributed by atoms with Crippen molar-refractivity contribution in [3.05, 3.63) is 29.8 Å². The zero-order valence-electron chi connectivity index (χ0n) is 13.6. The van der Waals surface area contributed by atoms with E-state index >= 15 is 0 Å². The first kappa shape index (κ1) is 14.9. The Kier molecular flexibility index (Phi) is 4.84. The highest BCUT2D eigenvalue weighted by molar-refractivity contribution is 5.53. The standard InChI is InChI=1S/C19H30N2/c1-3-21(19-11-7-4-8-15(19)2)14-17-13-12-16-9-5-6-10-18(16)20-17/h4,7-8,11,16-18,20H,3,5-6,9-10,12-14H2,1-2H3. The van der Waals surface area contributed by atoms with Crippen LogP contribution in [0, 0.1) is 12.8 Å². The summed E-state index contributed by atoms with van der Waals surface area (Å²) in [5, 5.41) is 3.97. The van der Waals surface area contributed by atoms with Gasteiger partial charge in [0.2, 0.25) is 0 Å². The van der Waals surface area contributed by atoms with E-state index in [1.54, 1.807) is 0 Å². The molecule has 2 nitrogen and oxygen atoms in total. The largest absolute Gasteiger partial charge is 0.370 e. The Morgan fingerprint density at radius 1 is 1.10 bits per heavy atom. The first-order chi connectivity index (χ1) is 10.3. The van der Waals surface area contributed by atoms with Crippen molar-refractivity contribution in [3.8, 4) is 0 Å². The zero-order valence-corrected chi connectivity index (χ0v) is 13.6. The fourth-order valence-electron chi connectivity index (χ4n) is 4.30. The summed E-state index contributed by atoms with van der Waals surface area (Å²) >= 11 is 0. The molecule has 116 valence electrons. The molecule has 1 aliphatic heterocycles. The van der Waals surface area contributed by atoms with E-state index in [9.17, 15) is 0 Å². The summed E-state index contributed by atoms with van der Waals surface area (Å²) in [6.07, 6.45) is 8.53. The summed E-state index contributed by atoms with van der Waals surface area (Å²) in [5.41, 5.74) is 2.80. The fraction of sp³-hybridized carbons (Fsp3) is 0.684. The molecule has 2 fully saturated rings. The molecule has 0 amide bonds. The number of para-hydroxylation sites is 1. The summed E-state index contributed by atoms with van der Waals surface area (Å²) in [6, 6.07) is 10.3. The lowest BCUT2D eigenvalue weighted by Gasteiger charge is -2.42. The molecule has 21 heavy (non-hydrogen) atoms. The third-order valence-corrected chi connectivity index (χ3v) is 5.52. The van der Waals surface area contributed by atoms with Gasteiger partial charge in [0.1, 0.15) is 0 Å². The van der Waals surface area contributed by atoms with Crippen LogP contribution in [0.1, 0.15) is 51.0 Å². The van der Waals surface area contributed by atoms with Crippen molar-refractivity contribution in [2.45, 2.75) is 64.5 Å². The van der Waals surface area contributed by atoms with Gasteiger partial charge in [0, 0.05) is 30.9 Å². The number of anilines is 1. The zero-order chi connectivity index (χ0) is 14.7. The Balaban J connectivity index is 1.63. The molecule has 0 bridgehead atoms. The van der Waals surface area contributed by atoms with E-state index in [0.29, 0.717) is 6.04 Å². The third kappa shape index (κ3) is 3.42. The van der Waals surface area contributed by atoms with Crippen molar-refractivity contribution in [3.63, 3.8) is 0 Å². The van der Waals surface area contributed by atoms with Gasteiger partial charge in [-0.15, -0.1) is 0 Å². The number of hydrogen-bond donors (Lipinski definition) is 1. The molecular formula is C19H30N2. The minimum atomic E-state index is 0.670. The average Bonchev–Trinajstić information content (AvgIpc) is 2.53. The predicted octanol–water partition coefficient (Wildman–Crippen LogP) is 4.13. The van der Waals surface area contributed by atoms with E-state index in [-0.39, 0.29) is 0 Å². The first-order valence-electron chi connectivity index (χ1n) is 8.84. The van der Waals surface area contributed by atoms with Gasteiger partial charge < -0.3 is 10.2 Å². The second-order valence-corrected chi connectivity index (χ2v) is 6.92. The summed E-state index contributed by atoms with van der Waals surface area (Å²) in [5.74, 6) is 0.962. The van der Waals surface area contributed by atoms with E-state index in [4.69, 9.17) is 0 Å². The van der Waals surface area contributed by atoms with E-state index in [2.05, 4.69) is 48.3 Å². The van der Waals surface area contributed by atoms with Gasteiger partial charge in [-0.1, -0.05) is 31.0 Å². The van der Waals surface area contributed by atoms with Crippen molar-refractivity contribution in [1.29, 1.82) is 0 Å². The van der Waals surface area contributed by atoms with Gasteiger partial charge in [-0.2, -0.15) is 0 Å². The van der Waals surface area contributed by atoms with Crippen LogP contribution in [0.25, 0.3) is 0 Å². The number of aryl methyl sites for hydroxylation is 1. The van der Waals surface area contributed by atoms with Crippen molar-refractivity contribution in [1.82, 2.24) is 5.32 Å². The maximum Gasteiger partial charge on any atom is 0.0396 e. The molecule has 0 spiro atoms. The molecule has 0 radical (unpaired) electrons. The van der Waals surface area contributed by atoms with Gasteiger partial charge in [0.15, 0.2) is 0 Å². The summed E-state index contributed by atoms with van der Waals surface area (Å²) in [7, 11) is 0. The Morgan fingerprint density at radius 2 is 1.90 bits per heavy atom. The second-order valence-electron chi connectivity index (χ2n) is 6.92. The number of rotatable bonds is 4. The number of nitrogens with one attached hydrogen (secondary N) is 1. The number of nitrogens with zero attached hydrogens (tertiary/aromatic N) is 1. The lowest BCUT2D eigenvalue weighted by Crippen LogP contribution is -2.53. The monoisotopic (exact) mass is 286 g/mol. The normalized spacial score (nSPS) is 29.0. The summed E-state index contributed by atoms with van der Waals surface area (Å²) < 4.78 is 0. The van der Waals surface area contributed by atoms with Crippen LogP contribution in [-0.4, -0.2) is 25.2 Å². The highest BCUT2D eigenvalue weighted by Gasteiger charge is 2.32. The Morgan fingerprint density at radius 3 is 2.71 bits per heavy atom. The van der Waals surface area contributed by atoms with Crippen molar-refractivity contribution in [2.75, 3.05) is 18.0 Å². The van der Waals surface area contributed by atoms with Crippen molar-refractivity contribution < 1.29 is 0 Å².